The normalized spacial score (nSPS) is 26.3. The van der Waals surface area contributed by atoms with Crippen LogP contribution in [-0.2, 0) is 4.74 Å². The minimum Gasteiger partial charge on any atom is -0.471 e. The van der Waals surface area contributed by atoms with Crippen LogP contribution in [0.3, 0.4) is 0 Å². The predicted octanol–water partition coefficient (Wildman–Crippen LogP) is 3.13. The lowest BCUT2D eigenvalue weighted by Crippen LogP contribution is -2.32. The molecular weight excluding hydrogens is 365 g/mol. The number of nitrogens with zero attached hydrogens (tertiary/aromatic N) is 2. The lowest BCUT2D eigenvalue weighted by atomic mass is 9.95. The summed E-state index contributed by atoms with van der Waals surface area (Å²) in [6, 6.07) is 7.28. The molecule has 3 aliphatic heterocycles. The topological polar surface area (TPSA) is 76.8 Å². The van der Waals surface area contributed by atoms with Crippen LogP contribution in [0.2, 0.25) is 0 Å². The van der Waals surface area contributed by atoms with Gasteiger partial charge in [0.05, 0.1) is 12.2 Å². The second-order valence-corrected chi connectivity index (χ2v) is 7.37. The van der Waals surface area contributed by atoms with Crippen LogP contribution in [0.4, 0.5) is 14.9 Å². The Balaban J connectivity index is 1.28. The van der Waals surface area contributed by atoms with Crippen LogP contribution >= 0.6 is 0 Å². The van der Waals surface area contributed by atoms with E-state index in [-0.39, 0.29) is 19.0 Å². The Morgan fingerprint density at radius 2 is 2.25 bits per heavy atom. The van der Waals surface area contributed by atoms with Gasteiger partial charge in [0.2, 0.25) is 0 Å². The van der Waals surface area contributed by atoms with E-state index in [0.29, 0.717) is 29.2 Å². The largest absolute Gasteiger partial charge is 0.471 e. The summed E-state index contributed by atoms with van der Waals surface area (Å²) in [7, 11) is 0. The van der Waals surface area contributed by atoms with Gasteiger partial charge in [0.15, 0.2) is 6.10 Å². The molecule has 0 saturated carbocycles. The number of anilines is 1. The zero-order valence-electron chi connectivity index (χ0n) is 15.1. The molecule has 146 valence electrons. The maximum atomic E-state index is 14.8. The highest BCUT2D eigenvalue weighted by Gasteiger charge is 2.34. The van der Waals surface area contributed by atoms with E-state index in [1.54, 1.807) is 18.2 Å². The van der Waals surface area contributed by atoms with E-state index in [9.17, 15) is 9.18 Å². The fraction of sp³-hybridized carbons (Fsp3) is 0.400. The molecule has 5 rings (SSSR count). The van der Waals surface area contributed by atoms with Crippen molar-refractivity contribution in [2.45, 2.75) is 37.5 Å². The van der Waals surface area contributed by atoms with Crippen molar-refractivity contribution in [3.8, 4) is 5.88 Å². The van der Waals surface area contributed by atoms with Crippen molar-refractivity contribution in [1.82, 2.24) is 10.5 Å². The Morgan fingerprint density at radius 1 is 1.32 bits per heavy atom. The van der Waals surface area contributed by atoms with Gasteiger partial charge in [0, 0.05) is 23.7 Å². The van der Waals surface area contributed by atoms with Crippen molar-refractivity contribution in [3.05, 3.63) is 48.0 Å². The molecule has 0 aliphatic carbocycles. The number of hydrogen-bond donors (Lipinski definition) is 1. The summed E-state index contributed by atoms with van der Waals surface area (Å²) in [4.78, 5) is 13.6. The first kappa shape index (κ1) is 17.2. The summed E-state index contributed by atoms with van der Waals surface area (Å²) in [5, 5.41) is 7.15. The first-order valence-corrected chi connectivity index (χ1v) is 9.44. The summed E-state index contributed by atoms with van der Waals surface area (Å²) in [5.41, 5.74) is 2.13. The third-order valence-electron chi connectivity index (χ3n) is 5.46. The van der Waals surface area contributed by atoms with Gasteiger partial charge >= 0.3 is 6.09 Å². The maximum absolute atomic E-state index is 14.8. The molecule has 2 aromatic rings. The average Bonchev–Trinajstić information content (AvgIpc) is 3.41. The van der Waals surface area contributed by atoms with Crippen molar-refractivity contribution in [2.75, 3.05) is 18.1 Å². The van der Waals surface area contributed by atoms with Gasteiger partial charge in [0.25, 0.3) is 5.88 Å². The van der Waals surface area contributed by atoms with E-state index in [4.69, 9.17) is 9.47 Å². The molecule has 1 aromatic carbocycles. The molecule has 28 heavy (non-hydrogen) atoms. The van der Waals surface area contributed by atoms with Crippen molar-refractivity contribution in [3.63, 3.8) is 0 Å². The minimum absolute atomic E-state index is 0.151. The molecular formula is C20H20FN3O4. The van der Waals surface area contributed by atoms with Crippen molar-refractivity contribution in [2.24, 2.45) is 0 Å². The van der Waals surface area contributed by atoms with E-state index in [1.165, 1.54) is 17.2 Å². The lowest BCUT2D eigenvalue weighted by molar-refractivity contribution is 0.102. The van der Waals surface area contributed by atoms with Crippen LogP contribution in [0.15, 0.2) is 41.1 Å². The highest BCUT2D eigenvalue weighted by molar-refractivity contribution is 5.90. The van der Waals surface area contributed by atoms with Crippen LogP contribution in [0.5, 0.6) is 5.88 Å². The Morgan fingerprint density at radius 3 is 3.04 bits per heavy atom. The third-order valence-corrected chi connectivity index (χ3v) is 5.46. The summed E-state index contributed by atoms with van der Waals surface area (Å²) >= 11 is 0. The number of fused-ring (bicyclic) bond motifs is 2. The molecule has 3 atom stereocenters. The molecule has 4 heterocycles. The SMILES string of the molecule is O=C1O[C@@H](COc2ccon2)CN1c1ccc(C2=CC3CCC(C2)N3)c(F)c1. The van der Waals surface area contributed by atoms with Gasteiger partial charge in [0.1, 0.15) is 18.7 Å². The molecule has 2 fully saturated rings. The number of nitrogens with one attached hydrogen (secondary N) is 1. The van der Waals surface area contributed by atoms with Gasteiger partial charge in [-0.2, -0.15) is 0 Å². The van der Waals surface area contributed by atoms with Gasteiger partial charge < -0.3 is 19.3 Å². The van der Waals surface area contributed by atoms with Gasteiger partial charge in [-0.25, -0.2) is 9.18 Å². The van der Waals surface area contributed by atoms with E-state index >= 15 is 0 Å². The molecule has 0 radical (unpaired) electrons. The van der Waals surface area contributed by atoms with Crippen molar-refractivity contribution >= 4 is 17.4 Å². The fourth-order valence-corrected chi connectivity index (χ4v) is 4.12. The van der Waals surface area contributed by atoms with Crippen molar-refractivity contribution < 1.29 is 23.2 Å². The third kappa shape index (κ3) is 3.24. The molecule has 0 spiro atoms. The molecule has 2 saturated heterocycles. The van der Waals surface area contributed by atoms with E-state index in [2.05, 4.69) is 21.1 Å². The standard InChI is InChI=1S/C20H20FN3O4/c21-18-9-15(3-4-17(18)12-7-13-1-2-14(8-12)22-13)24-10-16(28-20(24)25)11-26-19-5-6-27-23-19/h3-7,9,13-14,16,22H,1-2,8,10-11H2/t13?,14?,16-/m1/s1. The number of hydrogen-bond acceptors (Lipinski definition) is 6. The Kier molecular flexibility index (Phi) is 4.27. The number of cyclic esters (lactones) is 1. The predicted molar refractivity (Wildman–Crippen MR) is 98.6 cm³/mol. The molecule has 1 aromatic heterocycles. The molecule has 2 unspecified atom stereocenters. The molecule has 1 amide bonds. The molecule has 2 bridgehead atoms. The summed E-state index contributed by atoms with van der Waals surface area (Å²) in [6.07, 6.45) is 5.61. The van der Waals surface area contributed by atoms with Crippen LogP contribution in [-0.4, -0.2) is 42.6 Å². The van der Waals surface area contributed by atoms with Crippen molar-refractivity contribution in [1.29, 1.82) is 0 Å². The van der Waals surface area contributed by atoms with E-state index < -0.39 is 12.2 Å². The highest BCUT2D eigenvalue weighted by atomic mass is 19.1. The summed E-state index contributed by atoms with van der Waals surface area (Å²) < 4.78 is 30.3. The number of carbonyl (C=O) groups excluding carboxylic acids is 1. The second-order valence-electron chi connectivity index (χ2n) is 7.37. The fourth-order valence-electron chi connectivity index (χ4n) is 4.12. The van der Waals surface area contributed by atoms with Gasteiger partial charge in [-0.3, -0.25) is 4.90 Å². The maximum Gasteiger partial charge on any atom is 0.414 e. The first-order chi connectivity index (χ1) is 13.7. The lowest BCUT2D eigenvalue weighted by Gasteiger charge is -2.22. The van der Waals surface area contributed by atoms with Crippen LogP contribution in [0, 0.1) is 5.82 Å². The van der Waals surface area contributed by atoms with Crippen LogP contribution in [0.25, 0.3) is 5.57 Å². The number of ether oxygens (including phenoxy) is 2. The second kappa shape index (κ2) is 6.94. The number of rotatable bonds is 5. The summed E-state index contributed by atoms with van der Waals surface area (Å²) in [6.45, 7) is 0.435. The quantitative estimate of drug-likeness (QED) is 0.852. The Labute approximate surface area is 161 Å². The first-order valence-electron chi connectivity index (χ1n) is 9.44. The number of benzene rings is 1. The molecule has 8 heteroatoms. The zero-order valence-corrected chi connectivity index (χ0v) is 15.1. The summed E-state index contributed by atoms with van der Waals surface area (Å²) in [5.74, 6) is 0.00857. The van der Waals surface area contributed by atoms with Crippen LogP contribution < -0.4 is 15.0 Å². The van der Waals surface area contributed by atoms with E-state index in [0.717, 1.165) is 24.8 Å². The Bertz CT molecular complexity index is 914. The monoisotopic (exact) mass is 385 g/mol. The average molecular weight is 385 g/mol. The van der Waals surface area contributed by atoms with Gasteiger partial charge in [-0.05, 0) is 48.2 Å². The minimum atomic E-state index is -0.514. The molecule has 7 nitrogen and oxygen atoms in total. The van der Waals surface area contributed by atoms with Gasteiger partial charge in [-0.1, -0.05) is 6.08 Å². The van der Waals surface area contributed by atoms with Crippen LogP contribution in [0.1, 0.15) is 24.8 Å². The van der Waals surface area contributed by atoms with E-state index in [1.807, 2.05) is 0 Å². The molecule has 3 aliphatic rings. The number of aromatic nitrogens is 1. The number of halogens is 1. The number of amides is 1. The highest BCUT2D eigenvalue weighted by Crippen LogP contribution is 2.34. The smallest absolute Gasteiger partial charge is 0.414 e. The Hall–Kier alpha value is -2.87. The molecule has 1 N–H and O–H groups in total. The number of carbonyl (C=O) groups is 1. The van der Waals surface area contributed by atoms with Gasteiger partial charge in [-0.15, -0.1) is 0 Å². The zero-order chi connectivity index (χ0) is 19.1.